The number of hydrogen-bond acceptors (Lipinski definition) is 3. The fraction of sp³-hybridized carbons (Fsp3) is 0.444. The quantitative estimate of drug-likeness (QED) is 0.753. The predicted octanol–water partition coefficient (Wildman–Crippen LogP) is 0.879. The van der Waals surface area contributed by atoms with Gasteiger partial charge in [-0.3, -0.25) is 14.7 Å². The zero-order valence-electron chi connectivity index (χ0n) is 9.21. The number of H-pyrrole nitrogens is 1. The summed E-state index contributed by atoms with van der Waals surface area (Å²) in [4.78, 5) is 21.9. The third-order valence-corrected chi connectivity index (χ3v) is 2.16. The normalized spacial score (nSPS) is 13.1. The van der Waals surface area contributed by atoms with Gasteiger partial charge in [-0.15, -0.1) is 0 Å². The van der Waals surface area contributed by atoms with Crippen LogP contribution in [0.5, 0.6) is 0 Å². The highest BCUT2D eigenvalue weighted by Crippen LogP contribution is 2.29. The van der Waals surface area contributed by atoms with Gasteiger partial charge in [0.1, 0.15) is 0 Å². The van der Waals surface area contributed by atoms with Crippen molar-refractivity contribution in [2.75, 3.05) is 6.54 Å². The number of amides is 1. The van der Waals surface area contributed by atoms with Gasteiger partial charge in [0, 0.05) is 6.54 Å². The van der Waals surface area contributed by atoms with Crippen molar-refractivity contribution in [1.82, 2.24) is 15.5 Å². The van der Waals surface area contributed by atoms with E-state index in [1.54, 1.807) is 5.10 Å². The Morgan fingerprint density at radius 1 is 1.56 bits per heavy atom. The molecule has 18 heavy (non-hydrogen) atoms. The summed E-state index contributed by atoms with van der Waals surface area (Å²) >= 11 is 0. The summed E-state index contributed by atoms with van der Waals surface area (Å²) in [7, 11) is 0. The van der Waals surface area contributed by atoms with Gasteiger partial charge in [-0.05, 0) is 0 Å². The Hall–Kier alpha value is -2.06. The lowest BCUT2D eigenvalue weighted by Crippen LogP contribution is -2.32. The number of aromatic amines is 1. The van der Waals surface area contributed by atoms with E-state index in [1.165, 1.54) is 6.92 Å². The lowest BCUT2D eigenvalue weighted by atomic mass is 10.1. The van der Waals surface area contributed by atoms with E-state index in [-0.39, 0.29) is 6.54 Å². The van der Waals surface area contributed by atoms with Gasteiger partial charge in [-0.25, -0.2) is 0 Å². The molecule has 0 bridgehead atoms. The summed E-state index contributed by atoms with van der Waals surface area (Å²) in [6, 6.07) is 0. The first-order chi connectivity index (χ1) is 8.23. The van der Waals surface area contributed by atoms with E-state index in [0.717, 1.165) is 6.20 Å². The maximum atomic E-state index is 12.4. The van der Waals surface area contributed by atoms with Crippen LogP contribution in [0.25, 0.3) is 0 Å². The van der Waals surface area contributed by atoms with Crippen molar-refractivity contribution in [3.8, 4) is 0 Å². The first-order valence-corrected chi connectivity index (χ1v) is 4.85. The van der Waals surface area contributed by atoms with E-state index in [2.05, 4.69) is 10.4 Å². The van der Waals surface area contributed by atoms with Gasteiger partial charge in [0.2, 0.25) is 0 Å². The van der Waals surface area contributed by atoms with E-state index in [9.17, 15) is 22.8 Å². The number of aliphatic carboxylic acids is 1. The van der Waals surface area contributed by atoms with Gasteiger partial charge >= 0.3 is 12.1 Å². The van der Waals surface area contributed by atoms with Crippen LogP contribution in [0.2, 0.25) is 0 Å². The predicted molar refractivity (Wildman–Crippen MR) is 52.7 cm³/mol. The molecule has 1 aromatic heterocycles. The number of carbonyl (C=O) groups is 2. The number of rotatable bonds is 4. The highest BCUT2D eigenvalue weighted by molar-refractivity contribution is 5.95. The third-order valence-electron chi connectivity index (χ3n) is 2.16. The van der Waals surface area contributed by atoms with Crippen LogP contribution < -0.4 is 5.32 Å². The average molecular weight is 265 g/mol. The van der Waals surface area contributed by atoms with Crippen molar-refractivity contribution in [3.05, 3.63) is 17.5 Å². The largest absolute Gasteiger partial charge is 0.481 e. The van der Waals surface area contributed by atoms with Gasteiger partial charge in [-0.2, -0.15) is 18.3 Å². The Balaban J connectivity index is 2.74. The van der Waals surface area contributed by atoms with Crippen LogP contribution in [0.1, 0.15) is 23.0 Å². The molecule has 1 rings (SSSR count). The topological polar surface area (TPSA) is 95.1 Å². The van der Waals surface area contributed by atoms with Crippen molar-refractivity contribution in [3.63, 3.8) is 0 Å². The van der Waals surface area contributed by atoms with Crippen LogP contribution in [-0.2, 0) is 11.0 Å². The van der Waals surface area contributed by atoms with Crippen LogP contribution >= 0.6 is 0 Å². The molecular weight excluding hydrogens is 255 g/mol. The molecule has 0 aliphatic heterocycles. The molecule has 1 atom stereocenters. The number of hydrogen-bond donors (Lipinski definition) is 3. The molecule has 0 saturated carbocycles. The Morgan fingerprint density at radius 2 is 2.17 bits per heavy atom. The smallest absolute Gasteiger partial charge is 0.433 e. The molecule has 1 aromatic rings. The molecular formula is C9H10F3N3O3. The summed E-state index contributed by atoms with van der Waals surface area (Å²) in [6.07, 6.45) is -3.98. The molecule has 0 aliphatic carbocycles. The van der Waals surface area contributed by atoms with Crippen LogP contribution in [-0.4, -0.2) is 33.7 Å². The van der Waals surface area contributed by atoms with Crippen molar-refractivity contribution < 1.29 is 27.9 Å². The minimum absolute atomic E-state index is 0.267. The SMILES string of the molecule is CC(CNC(=O)c1cn[nH]c1C(F)(F)F)C(=O)O. The molecule has 0 aromatic carbocycles. The van der Waals surface area contributed by atoms with Crippen LogP contribution in [0, 0.1) is 5.92 Å². The number of aromatic nitrogens is 2. The van der Waals surface area contributed by atoms with Crippen molar-refractivity contribution in [2.45, 2.75) is 13.1 Å². The van der Waals surface area contributed by atoms with Crippen molar-refractivity contribution >= 4 is 11.9 Å². The van der Waals surface area contributed by atoms with E-state index in [0.29, 0.717) is 0 Å². The van der Waals surface area contributed by atoms with E-state index >= 15 is 0 Å². The second-order valence-electron chi connectivity index (χ2n) is 3.61. The summed E-state index contributed by atoms with van der Waals surface area (Å²) in [5.74, 6) is -3.07. The van der Waals surface area contributed by atoms with Gasteiger partial charge in [-0.1, -0.05) is 6.92 Å². The third kappa shape index (κ3) is 3.22. The number of nitrogens with zero attached hydrogens (tertiary/aromatic N) is 1. The zero-order chi connectivity index (χ0) is 13.9. The molecule has 1 heterocycles. The molecule has 0 saturated heterocycles. The van der Waals surface area contributed by atoms with E-state index in [4.69, 9.17) is 5.11 Å². The number of nitrogens with one attached hydrogen (secondary N) is 2. The number of carboxylic acid groups (broad SMARTS) is 1. The Kier molecular flexibility index (Phi) is 3.94. The van der Waals surface area contributed by atoms with Gasteiger partial charge < -0.3 is 10.4 Å². The molecule has 0 spiro atoms. The maximum Gasteiger partial charge on any atom is 0.433 e. The maximum absolute atomic E-state index is 12.4. The monoisotopic (exact) mass is 265 g/mol. The fourth-order valence-electron chi connectivity index (χ4n) is 1.10. The lowest BCUT2D eigenvalue weighted by Gasteiger charge is -2.09. The second kappa shape index (κ2) is 5.07. The van der Waals surface area contributed by atoms with Gasteiger partial charge in [0.15, 0.2) is 5.69 Å². The molecule has 1 unspecified atom stereocenters. The summed E-state index contributed by atoms with van der Waals surface area (Å²) < 4.78 is 37.3. The molecule has 1 amide bonds. The highest BCUT2D eigenvalue weighted by atomic mass is 19.4. The summed E-state index contributed by atoms with van der Waals surface area (Å²) in [5.41, 5.74) is -1.93. The molecule has 6 nitrogen and oxygen atoms in total. The van der Waals surface area contributed by atoms with Crippen LogP contribution in [0.4, 0.5) is 13.2 Å². The highest BCUT2D eigenvalue weighted by Gasteiger charge is 2.37. The Bertz CT molecular complexity index is 455. The average Bonchev–Trinajstić information content (AvgIpc) is 2.73. The van der Waals surface area contributed by atoms with Crippen LogP contribution in [0.3, 0.4) is 0 Å². The minimum atomic E-state index is -4.72. The Morgan fingerprint density at radius 3 is 2.67 bits per heavy atom. The molecule has 9 heteroatoms. The van der Waals surface area contributed by atoms with Gasteiger partial charge in [0.05, 0.1) is 17.7 Å². The number of halogens is 3. The first-order valence-electron chi connectivity index (χ1n) is 4.85. The fourth-order valence-corrected chi connectivity index (χ4v) is 1.10. The van der Waals surface area contributed by atoms with Crippen LogP contribution in [0.15, 0.2) is 6.20 Å². The number of carboxylic acids is 1. The van der Waals surface area contributed by atoms with Crippen molar-refractivity contribution in [1.29, 1.82) is 0 Å². The standard InChI is InChI=1S/C9H10F3N3O3/c1-4(8(17)18)2-13-7(16)5-3-14-15-6(5)9(10,11)12/h3-4H,2H2,1H3,(H,13,16)(H,14,15)(H,17,18). The molecule has 100 valence electrons. The van der Waals surface area contributed by atoms with E-state index in [1.807, 2.05) is 0 Å². The first kappa shape index (κ1) is 14.0. The zero-order valence-corrected chi connectivity index (χ0v) is 9.21. The number of carbonyl (C=O) groups excluding carboxylic acids is 1. The number of alkyl halides is 3. The van der Waals surface area contributed by atoms with E-state index < -0.39 is 35.2 Å². The lowest BCUT2D eigenvalue weighted by molar-refractivity contribution is -0.142. The van der Waals surface area contributed by atoms with Crippen molar-refractivity contribution in [2.24, 2.45) is 5.92 Å². The minimum Gasteiger partial charge on any atom is -0.481 e. The van der Waals surface area contributed by atoms with Gasteiger partial charge in [0.25, 0.3) is 5.91 Å². The second-order valence-corrected chi connectivity index (χ2v) is 3.61. The molecule has 0 fully saturated rings. The summed E-state index contributed by atoms with van der Waals surface area (Å²) in [6.45, 7) is 1.05. The molecule has 0 aliphatic rings. The summed E-state index contributed by atoms with van der Waals surface area (Å²) in [5, 5.41) is 15.5. The molecule has 0 radical (unpaired) electrons. The molecule has 3 N–H and O–H groups in total. The Labute approximate surface area is 99.2 Å².